The van der Waals surface area contributed by atoms with Gasteiger partial charge in [-0.2, -0.15) is 0 Å². The Morgan fingerprint density at radius 1 is 0.955 bits per heavy atom. The van der Waals surface area contributed by atoms with E-state index in [1.165, 1.54) is 32.1 Å². The monoisotopic (exact) mass is 304 g/mol. The summed E-state index contributed by atoms with van der Waals surface area (Å²) < 4.78 is 0. The molecule has 4 rings (SSSR count). The number of hydrogen-bond donors (Lipinski definition) is 1. The molecule has 2 heteroatoms. The molecule has 0 aromatic carbocycles. The van der Waals surface area contributed by atoms with Crippen molar-refractivity contribution in [3.05, 3.63) is 0 Å². The van der Waals surface area contributed by atoms with Gasteiger partial charge in [0, 0.05) is 12.8 Å². The van der Waals surface area contributed by atoms with Crippen LogP contribution in [-0.2, 0) is 4.79 Å². The molecule has 0 aromatic rings. The van der Waals surface area contributed by atoms with Crippen molar-refractivity contribution in [1.29, 1.82) is 0 Å². The van der Waals surface area contributed by atoms with E-state index in [-0.39, 0.29) is 5.41 Å². The number of hydrogen-bond acceptors (Lipinski definition) is 2. The average molecular weight is 304 g/mol. The van der Waals surface area contributed by atoms with Crippen LogP contribution in [0.4, 0.5) is 0 Å². The second-order valence-electron chi connectivity index (χ2n) is 9.67. The number of fused-ring (bicyclic) bond motifs is 5. The molecule has 7 atom stereocenters. The fourth-order valence-corrected chi connectivity index (χ4v) is 7.29. The first-order chi connectivity index (χ1) is 10.3. The summed E-state index contributed by atoms with van der Waals surface area (Å²) in [5.74, 6) is 3.44. The first kappa shape index (κ1) is 15.2. The molecule has 0 radical (unpaired) electrons. The van der Waals surface area contributed by atoms with Gasteiger partial charge in [0.05, 0.1) is 5.60 Å². The Bertz CT molecular complexity index is 496. The third-order valence-electron chi connectivity index (χ3n) is 9.04. The molecule has 4 saturated carbocycles. The Labute approximate surface area is 135 Å². The Hall–Kier alpha value is -0.370. The normalized spacial score (nSPS) is 57.9. The minimum atomic E-state index is -0.469. The predicted octanol–water partition coefficient (Wildman–Crippen LogP) is 4.35. The molecule has 0 aliphatic heterocycles. The molecule has 0 aromatic heterocycles. The van der Waals surface area contributed by atoms with Crippen molar-refractivity contribution < 1.29 is 9.90 Å². The van der Waals surface area contributed by atoms with Crippen LogP contribution in [0.25, 0.3) is 0 Å². The van der Waals surface area contributed by atoms with Gasteiger partial charge in [-0.25, -0.2) is 0 Å². The summed E-state index contributed by atoms with van der Waals surface area (Å²) in [4.78, 5) is 11.9. The fraction of sp³-hybridized carbons (Fsp3) is 0.950. The lowest BCUT2D eigenvalue weighted by molar-refractivity contribution is -0.152. The highest BCUT2D eigenvalue weighted by Gasteiger charge is 2.63. The second-order valence-corrected chi connectivity index (χ2v) is 9.67. The van der Waals surface area contributed by atoms with E-state index >= 15 is 0 Å². The van der Waals surface area contributed by atoms with Crippen molar-refractivity contribution >= 4 is 5.78 Å². The number of aliphatic hydroxyl groups is 1. The molecule has 4 aliphatic carbocycles. The lowest BCUT2D eigenvalue weighted by Crippen LogP contribution is -2.55. The van der Waals surface area contributed by atoms with Crippen molar-refractivity contribution in [2.45, 2.75) is 84.2 Å². The smallest absolute Gasteiger partial charge is 0.133 e. The van der Waals surface area contributed by atoms with Crippen molar-refractivity contribution in [3.63, 3.8) is 0 Å². The zero-order valence-corrected chi connectivity index (χ0v) is 14.5. The van der Waals surface area contributed by atoms with E-state index in [4.69, 9.17) is 0 Å². The Kier molecular flexibility index (Phi) is 3.16. The maximum absolute atomic E-state index is 11.9. The van der Waals surface area contributed by atoms with E-state index in [1.807, 2.05) is 0 Å². The van der Waals surface area contributed by atoms with Crippen LogP contribution < -0.4 is 0 Å². The number of ketones is 1. The summed E-state index contributed by atoms with van der Waals surface area (Å²) in [7, 11) is 0. The number of rotatable bonds is 0. The average Bonchev–Trinajstić information content (AvgIpc) is 2.70. The quantitative estimate of drug-likeness (QED) is 0.722. The molecule has 0 unspecified atom stereocenters. The summed E-state index contributed by atoms with van der Waals surface area (Å²) in [6, 6.07) is 0. The van der Waals surface area contributed by atoms with Crippen LogP contribution in [0.1, 0.15) is 78.6 Å². The number of carbonyl (C=O) groups is 1. The van der Waals surface area contributed by atoms with Crippen LogP contribution in [0.15, 0.2) is 0 Å². The van der Waals surface area contributed by atoms with E-state index in [1.54, 1.807) is 0 Å². The highest BCUT2D eigenvalue weighted by Crippen LogP contribution is 2.67. The van der Waals surface area contributed by atoms with Crippen molar-refractivity contribution in [1.82, 2.24) is 0 Å². The van der Waals surface area contributed by atoms with Gasteiger partial charge in [0.2, 0.25) is 0 Å². The van der Waals surface area contributed by atoms with Gasteiger partial charge in [-0.3, -0.25) is 4.79 Å². The summed E-state index contributed by atoms with van der Waals surface area (Å²) in [5, 5.41) is 10.9. The van der Waals surface area contributed by atoms with Crippen LogP contribution in [-0.4, -0.2) is 16.5 Å². The zero-order chi connectivity index (χ0) is 15.8. The number of carbonyl (C=O) groups excluding carboxylic acids is 1. The van der Waals surface area contributed by atoms with Crippen LogP contribution in [0, 0.1) is 34.5 Å². The minimum absolute atomic E-state index is 0.127. The highest BCUT2D eigenvalue weighted by atomic mass is 16.3. The molecular weight excluding hydrogens is 272 g/mol. The van der Waals surface area contributed by atoms with Gasteiger partial charge in [-0.15, -0.1) is 0 Å². The van der Waals surface area contributed by atoms with E-state index < -0.39 is 5.60 Å². The van der Waals surface area contributed by atoms with E-state index in [0.717, 1.165) is 37.5 Å². The van der Waals surface area contributed by atoms with Crippen LogP contribution in [0.2, 0.25) is 0 Å². The molecule has 0 bridgehead atoms. The third kappa shape index (κ3) is 1.79. The second kappa shape index (κ2) is 4.59. The lowest BCUT2D eigenvalue weighted by Gasteiger charge is -2.60. The zero-order valence-electron chi connectivity index (χ0n) is 14.5. The summed E-state index contributed by atoms with van der Waals surface area (Å²) in [6.45, 7) is 6.94. The van der Waals surface area contributed by atoms with Crippen LogP contribution in [0.5, 0.6) is 0 Å². The first-order valence-corrected chi connectivity index (χ1v) is 9.52. The standard InChI is InChI=1S/C20H32O2/c1-18-9-6-14(21)12-13(18)4-5-15-16(18)7-10-19(2)17(15)8-11-20(19,3)22/h13,15-17,22H,4-12H2,1-3H3/t13-,15-,16+,17+,18-,19+,20-/m0/s1. The van der Waals surface area contributed by atoms with Crippen LogP contribution >= 0.6 is 0 Å². The molecule has 0 saturated heterocycles. The molecule has 22 heavy (non-hydrogen) atoms. The van der Waals surface area contributed by atoms with E-state index in [9.17, 15) is 9.90 Å². The van der Waals surface area contributed by atoms with Crippen molar-refractivity contribution in [2.24, 2.45) is 34.5 Å². The fourth-order valence-electron chi connectivity index (χ4n) is 7.29. The Morgan fingerprint density at radius 2 is 1.68 bits per heavy atom. The summed E-state index contributed by atoms with van der Waals surface area (Å²) in [5.41, 5.74) is 0.0530. The van der Waals surface area contributed by atoms with Gasteiger partial charge in [-0.1, -0.05) is 13.8 Å². The molecule has 0 spiro atoms. The molecule has 2 nitrogen and oxygen atoms in total. The van der Waals surface area contributed by atoms with Gasteiger partial charge in [0.15, 0.2) is 0 Å². The SMILES string of the molecule is C[C@]12CCC(=O)C[C@@H]1CC[C@H]1[C@H]2CC[C@]2(C)[C@@H]1CC[C@]2(C)O. The highest BCUT2D eigenvalue weighted by molar-refractivity contribution is 5.79. The maximum atomic E-state index is 11.9. The molecule has 4 aliphatic rings. The van der Waals surface area contributed by atoms with Gasteiger partial charge in [0.1, 0.15) is 5.78 Å². The van der Waals surface area contributed by atoms with Gasteiger partial charge in [-0.05, 0) is 86.4 Å². The predicted molar refractivity (Wildman–Crippen MR) is 87.4 cm³/mol. The molecule has 124 valence electrons. The topological polar surface area (TPSA) is 37.3 Å². The molecule has 0 heterocycles. The van der Waals surface area contributed by atoms with Crippen LogP contribution in [0.3, 0.4) is 0 Å². The summed E-state index contributed by atoms with van der Waals surface area (Å²) in [6.07, 6.45) is 9.98. The minimum Gasteiger partial charge on any atom is -0.390 e. The molecule has 1 N–H and O–H groups in total. The van der Waals surface area contributed by atoms with E-state index in [2.05, 4.69) is 20.8 Å². The summed E-state index contributed by atoms with van der Waals surface area (Å²) >= 11 is 0. The van der Waals surface area contributed by atoms with Gasteiger partial charge >= 0.3 is 0 Å². The molecular formula is C20H32O2. The van der Waals surface area contributed by atoms with Gasteiger partial charge < -0.3 is 5.11 Å². The third-order valence-corrected chi connectivity index (χ3v) is 9.04. The lowest BCUT2D eigenvalue weighted by atomic mass is 9.44. The Balaban J connectivity index is 1.65. The largest absolute Gasteiger partial charge is 0.390 e. The molecule has 0 amide bonds. The number of Topliss-reactive ketones (excluding diaryl/α,β-unsaturated/α-hetero) is 1. The first-order valence-electron chi connectivity index (χ1n) is 9.52. The van der Waals surface area contributed by atoms with E-state index in [0.29, 0.717) is 23.0 Å². The molecule has 4 fully saturated rings. The van der Waals surface area contributed by atoms with Crippen molar-refractivity contribution in [3.8, 4) is 0 Å². The van der Waals surface area contributed by atoms with Gasteiger partial charge in [0.25, 0.3) is 0 Å². The van der Waals surface area contributed by atoms with Crippen molar-refractivity contribution in [2.75, 3.05) is 0 Å². The maximum Gasteiger partial charge on any atom is 0.133 e. The Morgan fingerprint density at radius 3 is 2.45 bits per heavy atom.